The van der Waals surface area contributed by atoms with E-state index in [-0.39, 0.29) is 22.1 Å². The van der Waals surface area contributed by atoms with Crippen LogP contribution >= 0.6 is 0 Å². The van der Waals surface area contributed by atoms with Crippen molar-refractivity contribution < 1.29 is 23.9 Å². The van der Waals surface area contributed by atoms with Gasteiger partial charge in [0.25, 0.3) is 17.7 Å². The molecule has 1 aromatic heterocycles. The highest BCUT2D eigenvalue weighted by molar-refractivity contribution is 6.21. The van der Waals surface area contributed by atoms with Gasteiger partial charge in [0.1, 0.15) is 5.82 Å². The lowest BCUT2D eigenvalue weighted by molar-refractivity contribution is -0.119. The largest absolute Gasteiger partial charge is 0.452 e. The van der Waals surface area contributed by atoms with E-state index in [0.717, 1.165) is 16.3 Å². The van der Waals surface area contributed by atoms with Gasteiger partial charge < -0.3 is 10.1 Å². The highest BCUT2D eigenvalue weighted by atomic mass is 16.5. The molecule has 174 valence electrons. The van der Waals surface area contributed by atoms with Gasteiger partial charge in [-0.05, 0) is 30.3 Å². The number of benzene rings is 2. The molecule has 0 bridgehead atoms. The molecule has 34 heavy (non-hydrogen) atoms. The topological polar surface area (TPSA) is 111 Å². The minimum atomic E-state index is -0.778. The van der Waals surface area contributed by atoms with Gasteiger partial charge in [0.15, 0.2) is 6.61 Å². The van der Waals surface area contributed by atoms with E-state index in [1.807, 2.05) is 51.1 Å². The fourth-order valence-corrected chi connectivity index (χ4v) is 3.48. The average molecular weight is 460 g/mol. The Morgan fingerprint density at radius 2 is 1.65 bits per heavy atom. The second kappa shape index (κ2) is 8.58. The van der Waals surface area contributed by atoms with E-state index in [1.54, 1.807) is 10.7 Å². The number of rotatable bonds is 5. The number of anilines is 1. The van der Waals surface area contributed by atoms with Gasteiger partial charge in [-0.2, -0.15) is 5.10 Å². The van der Waals surface area contributed by atoms with Crippen molar-refractivity contribution in [3.05, 3.63) is 77.0 Å². The number of amides is 3. The second-order valence-corrected chi connectivity index (χ2v) is 8.97. The number of fused-ring (bicyclic) bond motifs is 1. The van der Waals surface area contributed by atoms with Crippen LogP contribution in [0.3, 0.4) is 0 Å². The number of hydrogen-bond acceptors (Lipinski definition) is 6. The van der Waals surface area contributed by atoms with Crippen molar-refractivity contribution in [2.24, 2.45) is 0 Å². The van der Waals surface area contributed by atoms with Crippen LogP contribution in [0.4, 0.5) is 5.82 Å². The maximum absolute atomic E-state index is 12.6. The monoisotopic (exact) mass is 460 g/mol. The quantitative estimate of drug-likeness (QED) is 0.463. The highest BCUT2D eigenvalue weighted by Crippen LogP contribution is 2.26. The summed E-state index contributed by atoms with van der Waals surface area (Å²) in [7, 11) is 1.37. The SMILES string of the molecule is CN1C(=O)c2ccc(C(=O)OCC(=O)Nc3cc(C(C)(C)C)nn3-c3ccccc3)cc2C1=O. The first-order valence-corrected chi connectivity index (χ1v) is 10.7. The summed E-state index contributed by atoms with van der Waals surface area (Å²) in [6.07, 6.45) is 0. The molecule has 0 aliphatic carbocycles. The van der Waals surface area contributed by atoms with E-state index in [4.69, 9.17) is 4.74 Å². The lowest BCUT2D eigenvalue weighted by atomic mass is 9.92. The van der Waals surface area contributed by atoms with Gasteiger partial charge in [0, 0.05) is 18.5 Å². The molecular formula is C25H24N4O5. The molecule has 0 spiro atoms. The molecule has 0 fully saturated rings. The van der Waals surface area contributed by atoms with Crippen LogP contribution in [0.5, 0.6) is 0 Å². The van der Waals surface area contributed by atoms with Gasteiger partial charge in [-0.1, -0.05) is 39.0 Å². The van der Waals surface area contributed by atoms with Crippen molar-refractivity contribution in [2.45, 2.75) is 26.2 Å². The number of hydrogen-bond donors (Lipinski definition) is 1. The molecule has 1 aliphatic rings. The molecule has 2 aromatic carbocycles. The van der Waals surface area contributed by atoms with E-state index in [0.29, 0.717) is 5.82 Å². The number of nitrogens with one attached hydrogen (secondary N) is 1. The zero-order valence-corrected chi connectivity index (χ0v) is 19.3. The van der Waals surface area contributed by atoms with Gasteiger partial charge in [0.2, 0.25) is 0 Å². The smallest absolute Gasteiger partial charge is 0.338 e. The molecular weight excluding hydrogens is 436 g/mol. The Morgan fingerprint density at radius 3 is 2.32 bits per heavy atom. The number of carbonyl (C=O) groups excluding carboxylic acids is 4. The molecule has 0 saturated carbocycles. The summed E-state index contributed by atoms with van der Waals surface area (Å²) < 4.78 is 6.76. The zero-order chi connectivity index (χ0) is 24.6. The molecule has 9 nitrogen and oxygen atoms in total. The number of para-hydroxylation sites is 1. The van der Waals surface area contributed by atoms with E-state index < -0.39 is 30.3 Å². The van der Waals surface area contributed by atoms with Crippen LogP contribution in [0, 0.1) is 0 Å². The molecule has 0 saturated heterocycles. The van der Waals surface area contributed by atoms with Gasteiger partial charge in [-0.3, -0.25) is 19.3 Å². The van der Waals surface area contributed by atoms with Crippen molar-refractivity contribution in [1.82, 2.24) is 14.7 Å². The Kier molecular flexibility index (Phi) is 5.78. The first-order chi connectivity index (χ1) is 16.1. The molecule has 2 heterocycles. The third-order valence-corrected chi connectivity index (χ3v) is 5.41. The summed E-state index contributed by atoms with van der Waals surface area (Å²) in [5.41, 5.74) is 1.75. The maximum Gasteiger partial charge on any atom is 0.338 e. The molecule has 9 heteroatoms. The predicted octanol–water partition coefficient (Wildman–Crippen LogP) is 3.19. The fourth-order valence-electron chi connectivity index (χ4n) is 3.48. The zero-order valence-electron chi connectivity index (χ0n) is 19.3. The summed E-state index contributed by atoms with van der Waals surface area (Å²) in [6.45, 7) is 5.52. The summed E-state index contributed by atoms with van der Waals surface area (Å²) in [5, 5.41) is 7.38. The number of imide groups is 1. The number of ether oxygens (including phenoxy) is 1. The lowest BCUT2D eigenvalue weighted by Gasteiger charge is -2.14. The van der Waals surface area contributed by atoms with Crippen LogP contribution in [0.15, 0.2) is 54.6 Å². The highest BCUT2D eigenvalue weighted by Gasteiger charge is 2.33. The molecule has 4 rings (SSSR count). The summed E-state index contributed by atoms with van der Waals surface area (Å²) in [6, 6.07) is 15.2. The number of nitrogens with zero attached hydrogens (tertiary/aromatic N) is 3. The molecule has 0 unspecified atom stereocenters. The molecule has 3 aromatic rings. The van der Waals surface area contributed by atoms with Crippen LogP contribution in [-0.4, -0.2) is 52.0 Å². The molecule has 0 atom stereocenters. The number of aromatic nitrogens is 2. The second-order valence-electron chi connectivity index (χ2n) is 8.97. The van der Waals surface area contributed by atoms with Gasteiger partial charge in [0.05, 0.1) is 28.1 Å². The van der Waals surface area contributed by atoms with Crippen molar-refractivity contribution >= 4 is 29.5 Å². The van der Waals surface area contributed by atoms with Gasteiger partial charge >= 0.3 is 5.97 Å². The van der Waals surface area contributed by atoms with Crippen molar-refractivity contribution in [3.8, 4) is 5.69 Å². The number of esters is 1. The number of carbonyl (C=O) groups is 4. The Morgan fingerprint density at radius 1 is 0.971 bits per heavy atom. The third kappa shape index (κ3) is 4.32. The summed E-state index contributed by atoms with van der Waals surface area (Å²) >= 11 is 0. The average Bonchev–Trinajstić information content (AvgIpc) is 3.33. The molecule has 0 radical (unpaired) electrons. The van der Waals surface area contributed by atoms with Crippen LogP contribution in [0.2, 0.25) is 0 Å². The standard InChI is InChI=1S/C25H24N4O5/c1-25(2,3)19-13-20(29(27-19)16-8-6-5-7-9-16)26-21(30)14-34-24(33)15-10-11-17-18(12-15)23(32)28(4)22(17)31/h5-13H,14H2,1-4H3,(H,26,30). The molecule has 3 amide bonds. The van der Waals surface area contributed by atoms with Crippen LogP contribution in [0.1, 0.15) is 57.5 Å². The van der Waals surface area contributed by atoms with Crippen LogP contribution < -0.4 is 5.32 Å². The fraction of sp³-hybridized carbons (Fsp3) is 0.240. The minimum absolute atomic E-state index is 0.0762. The van der Waals surface area contributed by atoms with Crippen molar-refractivity contribution in [2.75, 3.05) is 19.0 Å². The van der Waals surface area contributed by atoms with E-state index in [1.165, 1.54) is 25.2 Å². The van der Waals surface area contributed by atoms with Gasteiger partial charge in [-0.15, -0.1) is 0 Å². The molecule has 1 aliphatic heterocycles. The summed E-state index contributed by atoms with van der Waals surface area (Å²) in [4.78, 5) is 50.2. The lowest BCUT2D eigenvalue weighted by Crippen LogP contribution is -2.24. The summed E-state index contributed by atoms with van der Waals surface area (Å²) in [5.74, 6) is -1.79. The normalized spacial score (nSPS) is 13.1. The first kappa shape index (κ1) is 22.9. The Balaban J connectivity index is 1.47. The Labute approximate surface area is 196 Å². The Bertz CT molecular complexity index is 1300. The predicted molar refractivity (Wildman–Crippen MR) is 124 cm³/mol. The van der Waals surface area contributed by atoms with E-state index in [9.17, 15) is 19.2 Å². The van der Waals surface area contributed by atoms with E-state index >= 15 is 0 Å². The molecule has 1 N–H and O–H groups in total. The first-order valence-electron chi connectivity index (χ1n) is 10.7. The van der Waals surface area contributed by atoms with Crippen molar-refractivity contribution in [3.63, 3.8) is 0 Å². The third-order valence-electron chi connectivity index (χ3n) is 5.41. The van der Waals surface area contributed by atoms with Gasteiger partial charge in [-0.25, -0.2) is 9.48 Å². The van der Waals surface area contributed by atoms with Crippen LogP contribution in [0.25, 0.3) is 5.69 Å². The van der Waals surface area contributed by atoms with Crippen molar-refractivity contribution in [1.29, 1.82) is 0 Å². The maximum atomic E-state index is 12.6. The van der Waals surface area contributed by atoms with Crippen LogP contribution in [-0.2, 0) is 14.9 Å². The minimum Gasteiger partial charge on any atom is -0.452 e. The van der Waals surface area contributed by atoms with E-state index in [2.05, 4.69) is 10.4 Å². The Hall–Kier alpha value is -4.27.